The van der Waals surface area contributed by atoms with E-state index in [1.165, 1.54) is 12.1 Å². The standard InChI is InChI=1S/C21H21F2N5O.2C2H6/c22-14-8-15(23)10-16(9-14)28-3-1-2-19(28)17-11-24-12-18-21(17)26-20(13-25-18)27-4-6-29-7-5-27;2*1-2/h8-13,19H,1-7H2;2*1-2H3. The average Bonchev–Trinajstić information content (AvgIpc) is 3.36. The number of nitrogens with zero attached hydrogens (tertiary/aromatic N) is 5. The maximum absolute atomic E-state index is 13.8. The molecule has 1 unspecified atom stereocenters. The Morgan fingerprint density at radius 3 is 2.30 bits per heavy atom. The third-order valence-electron chi connectivity index (χ3n) is 5.60. The lowest BCUT2D eigenvalue weighted by atomic mass is 10.0. The molecule has 1 atom stereocenters. The number of morpholine rings is 1. The lowest BCUT2D eigenvalue weighted by molar-refractivity contribution is 0.122. The summed E-state index contributed by atoms with van der Waals surface area (Å²) in [5.41, 5.74) is 2.99. The topological polar surface area (TPSA) is 54.4 Å². The summed E-state index contributed by atoms with van der Waals surface area (Å²) in [6, 6.07) is 3.60. The highest BCUT2D eigenvalue weighted by molar-refractivity contribution is 5.79. The quantitative estimate of drug-likeness (QED) is 0.515. The van der Waals surface area contributed by atoms with Crippen molar-refractivity contribution in [3.8, 4) is 0 Å². The Bertz CT molecular complexity index is 1020. The van der Waals surface area contributed by atoms with E-state index in [1.54, 1.807) is 18.6 Å². The third-order valence-corrected chi connectivity index (χ3v) is 5.60. The van der Waals surface area contributed by atoms with Gasteiger partial charge < -0.3 is 14.5 Å². The van der Waals surface area contributed by atoms with E-state index in [1.807, 2.05) is 32.6 Å². The number of rotatable bonds is 3. The zero-order valence-electron chi connectivity index (χ0n) is 19.9. The van der Waals surface area contributed by atoms with Gasteiger partial charge in [0.1, 0.15) is 23.0 Å². The number of fused-ring (bicyclic) bond motifs is 1. The molecule has 2 aromatic heterocycles. The van der Waals surface area contributed by atoms with Crippen molar-refractivity contribution < 1.29 is 13.5 Å². The number of benzene rings is 1. The Hall–Kier alpha value is -2.87. The van der Waals surface area contributed by atoms with Crippen LogP contribution in [-0.2, 0) is 4.74 Å². The van der Waals surface area contributed by atoms with Crippen LogP contribution in [0.1, 0.15) is 52.1 Å². The van der Waals surface area contributed by atoms with Crippen LogP contribution in [0.3, 0.4) is 0 Å². The van der Waals surface area contributed by atoms with Crippen LogP contribution < -0.4 is 9.80 Å². The monoisotopic (exact) mass is 457 g/mol. The predicted octanol–water partition coefficient (Wildman–Crippen LogP) is 5.53. The zero-order chi connectivity index (χ0) is 23.8. The van der Waals surface area contributed by atoms with Crippen LogP contribution in [0.25, 0.3) is 11.0 Å². The molecule has 0 aliphatic carbocycles. The van der Waals surface area contributed by atoms with Crippen LogP contribution >= 0.6 is 0 Å². The minimum Gasteiger partial charge on any atom is -0.378 e. The highest BCUT2D eigenvalue weighted by Gasteiger charge is 2.29. The lowest BCUT2D eigenvalue weighted by Gasteiger charge is -2.29. The summed E-state index contributed by atoms with van der Waals surface area (Å²) in [4.78, 5) is 18.0. The SMILES string of the molecule is CC.CC.Fc1cc(F)cc(N2CCCC2c2cncc3ncc(N4CCOCC4)nc23)c1. The molecule has 0 spiro atoms. The van der Waals surface area contributed by atoms with Crippen molar-refractivity contribution in [2.45, 2.75) is 46.6 Å². The Kier molecular flexibility index (Phi) is 8.88. The molecule has 178 valence electrons. The van der Waals surface area contributed by atoms with Crippen molar-refractivity contribution in [2.75, 3.05) is 42.6 Å². The summed E-state index contributed by atoms with van der Waals surface area (Å²) in [6.45, 7) is 11.6. The van der Waals surface area contributed by atoms with E-state index in [0.29, 0.717) is 18.9 Å². The summed E-state index contributed by atoms with van der Waals surface area (Å²) < 4.78 is 33.0. The smallest absolute Gasteiger partial charge is 0.148 e. The summed E-state index contributed by atoms with van der Waals surface area (Å²) in [7, 11) is 0. The summed E-state index contributed by atoms with van der Waals surface area (Å²) >= 11 is 0. The van der Waals surface area contributed by atoms with Gasteiger partial charge in [0.2, 0.25) is 0 Å². The van der Waals surface area contributed by atoms with Crippen molar-refractivity contribution in [3.63, 3.8) is 0 Å². The second kappa shape index (κ2) is 11.8. The van der Waals surface area contributed by atoms with Gasteiger partial charge in [0, 0.05) is 43.1 Å². The maximum Gasteiger partial charge on any atom is 0.148 e. The maximum atomic E-state index is 13.8. The molecule has 0 bridgehead atoms. The highest BCUT2D eigenvalue weighted by Crippen LogP contribution is 2.38. The third kappa shape index (κ3) is 5.55. The highest BCUT2D eigenvalue weighted by atomic mass is 19.1. The summed E-state index contributed by atoms with van der Waals surface area (Å²) in [6.07, 6.45) is 7.07. The van der Waals surface area contributed by atoms with Crippen LogP contribution in [0, 0.1) is 11.6 Å². The Labute approximate surface area is 194 Å². The largest absolute Gasteiger partial charge is 0.378 e. The van der Waals surface area contributed by atoms with E-state index in [-0.39, 0.29) is 6.04 Å². The summed E-state index contributed by atoms with van der Waals surface area (Å²) in [5.74, 6) is -0.332. The number of pyridine rings is 1. The first-order valence-electron chi connectivity index (χ1n) is 11.8. The molecule has 2 aliphatic heterocycles. The van der Waals surface area contributed by atoms with Crippen molar-refractivity contribution >= 4 is 22.5 Å². The van der Waals surface area contributed by atoms with E-state index < -0.39 is 11.6 Å². The van der Waals surface area contributed by atoms with Gasteiger partial charge in [-0.3, -0.25) is 4.98 Å². The molecule has 2 fully saturated rings. The first kappa shape index (κ1) is 24.8. The molecule has 33 heavy (non-hydrogen) atoms. The van der Waals surface area contributed by atoms with Gasteiger partial charge in [-0.05, 0) is 25.0 Å². The lowest BCUT2D eigenvalue weighted by Crippen LogP contribution is -2.36. The van der Waals surface area contributed by atoms with Crippen LogP contribution in [0.5, 0.6) is 0 Å². The average molecular weight is 458 g/mol. The van der Waals surface area contributed by atoms with Crippen molar-refractivity contribution in [1.29, 1.82) is 0 Å². The molecular weight excluding hydrogens is 424 g/mol. The van der Waals surface area contributed by atoms with Crippen LogP contribution in [0.4, 0.5) is 20.3 Å². The molecule has 8 heteroatoms. The van der Waals surface area contributed by atoms with Gasteiger partial charge in [-0.2, -0.15) is 0 Å². The van der Waals surface area contributed by atoms with Crippen molar-refractivity contribution in [3.05, 3.63) is 54.0 Å². The first-order valence-corrected chi connectivity index (χ1v) is 11.8. The fourth-order valence-corrected chi connectivity index (χ4v) is 4.24. The van der Waals surface area contributed by atoms with Gasteiger partial charge in [-0.25, -0.2) is 18.7 Å². The molecule has 0 N–H and O–H groups in total. The molecule has 6 nitrogen and oxygen atoms in total. The van der Waals surface area contributed by atoms with Crippen LogP contribution in [0.2, 0.25) is 0 Å². The van der Waals surface area contributed by atoms with Crippen molar-refractivity contribution in [2.24, 2.45) is 0 Å². The Balaban J connectivity index is 0.000000728. The number of ether oxygens (including phenoxy) is 1. The van der Waals surface area contributed by atoms with E-state index in [0.717, 1.165) is 61.0 Å². The molecule has 0 amide bonds. The molecule has 1 aromatic carbocycles. The van der Waals surface area contributed by atoms with Gasteiger partial charge in [-0.15, -0.1) is 0 Å². The van der Waals surface area contributed by atoms with E-state index in [4.69, 9.17) is 9.72 Å². The summed E-state index contributed by atoms with van der Waals surface area (Å²) in [5, 5.41) is 0. The van der Waals surface area contributed by atoms with Gasteiger partial charge in [0.25, 0.3) is 0 Å². The van der Waals surface area contributed by atoms with Gasteiger partial charge in [0.05, 0.1) is 37.2 Å². The van der Waals surface area contributed by atoms with E-state index in [9.17, 15) is 8.78 Å². The normalized spacial score (nSPS) is 17.8. The van der Waals surface area contributed by atoms with Gasteiger partial charge in [-0.1, -0.05) is 27.7 Å². The second-order valence-corrected chi connectivity index (χ2v) is 7.40. The van der Waals surface area contributed by atoms with Gasteiger partial charge >= 0.3 is 0 Å². The number of hydrogen-bond acceptors (Lipinski definition) is 6. The zero-order valence-corrected chi connectivity index (χ0v) is 19.9. The minimum atomic E-state index is -0.573. The number of halogens is 2. The van der Waals surface area contributed by atoms with Crippen LogP contribution in [0.15, 0.2) is 36.8 Å². The van der Waals surface area contributed by atoms with E-state index in [2.05, 4.69) is 14.9 Å². The number of hydrogen-bond donors (Lipinski definition) is 0. The molecular formula is C25H33F2N5O. The molecule has 0 radical (unpaired) electrons. The molecule has 2 aliphatic rings. The fourth-order valence-electron chi connectivity index (χ4n) is 4.24. The fraction of sp³-hybridized carbons (Fsp3) is 0.480. The van der Waals surface area contributed by atoms with E-state index >= 15 is 0 Å². The van der Waals surface area contributed by atoms with Gasteiger partial charge in [0.15, 0.2) is 0 Å². The minimum absolute atomic E-state index is 0.0540. The molecule has 0 saturated carbocycles. The molecule has 5 rings (SSSR count). The molecule has 4 heterocycles. The Morgan fingerprint density at radius 1 is 0.909 bits per heavy atom. The van der Waals surface area contributed by atoms with Crippen molar-refractivity contribution in [1.82, 2.24) is 15.0 Å². The van der Waals surface area contributed by atoms with Crippen LogP contribution in [-0.4, -0.2) is 47.8 Å². The predicted molar refractivity (Wildman–Crippen MR) is 129 cm³/mol. The second-order valence-electron chi connectivity index (χ2n) is 7.40. The Morgan fingerprint density at radius 2 is 1.61 bits per heavy atom. The number of aromatic nitrogens is 3. The molecule has 3 aromatic rings. The molecule has 2 saturated heterocycles. The number of anilines is 2. The first-order chi connectivity index (χ1) is 16.2.